The summed E-state index contributed by atoms with van der Waals surface area (Å²) in [7, 11) is 0. The summed E-state index contributed by atoms with van der Waals surface area (Å²) in [6, 6.07) is 7.59. The van der Waals surface area contributed by atoms with E-state index in [1.54, 1.807) is 0 Å². The zero-order valence-corrected chi connectivity index (χ0v) is 16.1. The molecule has 4 fully saturated rings. The minimum Gasteiger partial charge on any atom is -0.455 e. The Balaban J connectivity index is 1.38. The van der Waals surface area contributed by atoms with Crippen LogP contribution in [0, 0.1) is 24.2 Å². The van der Waals surface area contributed by atoms with Crippen molar-refractivity contribution < 1.29 is 14.3 Å². The molecule has 0 radical (unpaired) electrons. The number of halogens is 1. The van der Waals surface area contributed by atoms with Crippen LogP contribution in [0.4, 0.5) is 5.69 Å². The average molecular weight is 406 g/mol. The van der Waals surface area contributed by atoms with Gasteiger partial charge in [0.1, 0.15) is 0 Å². The molecule has 0 aromatic heterocycles. The molecule has 2 unspecified atom stereocenters. The molecule has 1 aromatic rings. The molecule has 0 aliphatic heterocycles. The second-order valence-electron chi connectivity index (χ2n) is 8.33. The number of amides is 1. The summed E-state index contributed by atoms with van der Waals surface area (Å²) in [4.78, 5) is 25.0. The molecule has 4 atom stereocenters. The quantitative estimate of drug-likeness (QED) is 0.602. The lowest BCUT2D eigenvalue weighted by Crippen LogP contribution is -2.56. The van der Waals surface area contributed by atoms with Gasteiger partial charge in [-0.2, -0.15) is 0 Å². The molecule has 4 aliphatic rings. The summed E-state index contributed by atoms with van der Waals surface area (Å²) >= 11 is 3.91. The zero-order chi connectivity index (χ0) is 17.7. The second-order valence-corrected chi connectivity index (χ2v) is 10.0. The number of nitrogens with one attached hydrogen (secondary N) is 1. The van der Waals surface area contributed by atoms with Crippen molar-refractivity contribution in [2.45, 2.75) is 49.8 Å². The molecule has 25 heavy (non-hydrogen) atoms. The summed E-state index contributed by atoms with van der Waals surface area (Å²) in [5, 5.41) is 2.82. The van der Waals surface area contributed by atoms with Crippen molar-refractivity contribution in [1.82, 2.24) is 0 Å². The normalized spacial score (nSPS) is 35.4. The van der Waals surface area contributed by atoms with Crippen LogP contribution in [0.2, 0.25) is 0 Å². The van der Waals surface area contributed by atoms with E-state index in [2.05, 4.69) is 21.2 Å². The molecular formula is C20H24BrNO3. The number of anilines is 1. The molecule has 5 rings (SSSR count). The van der Waals surface area contributed by atoms with Crippen LogP contribution < -0.4 is 5.32 Å². The third kappa shape index (κ3) is 3.23. The van der Waals surface area contributed by atoms with Gasteiger partial charge < -0.3 is 10.1 Å². The maximum Gasteiger partial charge on any atom is 0.312 e. The van der Waals surface area contributed by atoms with Crippen LogP contribution in [0.1, 0.15) is 44.1 Å². The molecule has 4 nitrogen and oxygen atoms in total. The first-order valence-corrected chi connectivity index (χ1v) is 9.88. The van der Waals surface area contributed by atoms with Gasteiger partial charge in [0, 0.05) is 10.0 Å². The van der Waals surface area contributed by atoms with E-state index in [1.807, 2.05) is 31.2 Å². The lowest BCUT2D eigenvalue weighted by molar-refractivity contribution is -0.170. The van der Waals surface area contributed by atoms with E-state index in [9.17, 15) is 9.59 Å². The summed E-state index contributed by atoms with van der Waals surface area (Å²) < 4.78 is 5.58. The smallest absolute Gasteiger partial charge is 0.312 e. The summed E-state index contributed by atoms with van der Waals surface area (Å²) in [6.45, 7) is 1.73. The second kappa shape index (κ2) is 6.11. The highest BCUT2D eigenvalue weighted by molar-refractivity contribution is 9.10. The standard InChI is InChI=1S/C20H24BrNO3/c1-13-4-2-3-5-16(13)22-17(23)11-25-18(24)19-7-14-6-15(8-19)10-20(21,9-14)12-19/h2-5,14-15H,6-12H2,1H3,(H,22,23)/t14-,15+,19?,20?. The van der Waals surface area contributed by atoms with Gasteiger partial charge in [0.25, 0.3) is 5.91 Å². The molecule has 0 saturated heterocycles. The molecule has 1 amide bonds. The van der Waals surface area contributed by atoms with E-state index in [-0.39, 0.29) is 28.2 Å². The number of rotatable bonds is 4. The van der Waals surface area contributed by atoms with E-state index in [1.165, 1.54) is 19.3 Å². The first-order chi connectivity index (χ1) is 11.9. The SMILES string of the molecule is Cc1ccccc1NC(=O)COC(=O)C12C[C@@H]3C[C@@H](CC(Br)(C3)C1)C2. The third-order valence-corrected chi connectivity index (χ3v) is 7.10. The van der Waals surface area contributed by atoms with Crippen LogP contribution in [-0.4, -0.2) is 22.8 Å². The Labute approximate surface area is 156 Å². The third-order valence-electron chi connectivity index (χ3n) is 6.18. The molecular weight excluding hydrogens is 382 g/mol. The van der Waals surface area contributed by atoms with Crippen LogP contribution >= 0.6 is 15.9 Å². The van der Waals surface area contributed by atoms with Gasteiger partial charge in [-0.05, 0) is 68.9 Å². The monoisotopic (exact) mass is 405 g/mol. The average Bonchev–Trinajstić information content (AvgIpc) is 2.52. The van der Waals surface area contributed by atoms with Crippen LogP contribution in [-0.2, 0) is 14.3 Å². The summed E-state index contributed by atoms with van der Waals surface area (Å²) in [5.74, 6) is 0.786. The van der Waals surface area contributed by atoms with Crippen LogP contribution in [0.25, 0.3) is 0 Å². The number of hydrogen-bond donors (Lipinski definition) is 1. The zero-order valence-electron chi connectivity index (χ0n) is 14.5. The first-order valence-electron chi connectivity index (χ1n) is 9.09. The van der Waals surface area contributed by atoms with Crippen molar-refractivity contribution in [2.75, 3.05) is 11.9 Å². The Morgan fingerprint density at radius 1 is 1.20 bits per heavy atom. The van der Waals surface area contributed by atoms with Gasteiger partial charge in [-0.1, -0.05) is 34.1 Å². The van der Waals surface area contributed by atoms with Crippen molar-refractivity contribution in [2.24, 2.45) is 17.3 Å². The molecule has 4 aliphatic carbocycles. The molecule has 1 N–H and O–H groups in total. The van der Waals surface area contributed by atoms with Crippen molar-refractivity contribution in [1.29, 1.82) is 0 Å². The molecule has 0 heterocycles. The maximum atomic E-state index is 12.8. The van der Waals surface area contributed by atoms with Crippen LogP contribution in [0.5, 0.6) is 0 Å². The number of alkyl halides is 1. The van der Waals surface area contributed by atoms with E-state index in [0.29, 0.717) is 11.8 Å². The van der Waals surface area contributed by atoms with E-state index in [0.717, 1.165) is 30.5 Å². The van der Waals surface area contributed by atoms with Gasteiger partial charge >= 0.3 is 5.97 Å². The fourth-order valence-electron chi connectivity index (χ4n) is 5.57. The Bertz CT molecular complexity index is 703. The first kappa shape index (κ1) is 17.1. The Hall–Kier alpha value is -1.36. The van der Waals surface area contributed by atoms with Crippen LogP contribution in [0.15, 0.2) is 24.3 Å². The Morgan fingerprint density at radius 2 is 1.88 bits per heavy atom. The molecule has 1 aromatic carbocycles. The number of carbonyl (C=O) groups is 2. The number of ether oxygens (including phenoxy) is 1. The van der Waals surface area contributed by atoms with Gasteiger partial charge in [-0.3, -0.25) is 9.59 Å². The van der Waals surface area contributed by atoms with Crippen molar-refractivity contribution >= 4 is 33.5 Å². The van der Waals surface area contributed by atoms with Crippen LogP contribution in [0.3, 0.4) is 0 Å². The topological polar surface area (TPSA) is 55.4 Å². The number of hydrogen-bond acceptors (Lipinski definition) is 3. The maximum absolute atomic E-state index is 12.8. The van der Waals surface area contributed by atoms with Gasteiger partial charge in [0.2, 0.25) is 0 Å². The highest BCUT2D eigenvalue weighted by Gasteiger charge is 2.60. The van der Waals surface area contributed by atoms with E-state index in [4.69, 9.17) is 4.74 Å². The lowest BCUT2D eigenvalue weighted by atomic mass is 9.49. The predicted molar refractivity (Wildman–Crippen MR) is 99.5 cm³/mol. The number of esters is 1. The van der Waals surface area contributed by atoms with Crippen molar-refractivity contribution in [3.63, 3.8) is 0 Å². The number of carbonyl (C=O) groups excluding carboxylic acids is 2. The fourth-order valence-corrected chi connectivity index (χ4v) is 7.03. The van der Waals surface area contributed by atoms with Gasteiger partial charge in [0.15, 0.2) is 6.61 Å². The van der Waals surface area contributed by atoms with Gasteiger partial charge in [-0.15, -0.1) is 0 Å². The highest BCUT2D eigenvalue weighted by Crippen LogP contribution is 2.64. The van der Waals surface area contributed by atoms with E-state index >= 15 is 0 Å². The number of aryl methyl sites for hydroxylation is 1. The van der Waals surface area contributed by atoms with Gasteiger partial charge in [-0.25, -0.2) is 0 Å². The van der Waals surface area contributed by atoms with E-state index < -0.39 is 0 Å². The van der Waals surface area contributed by atoms with Crippen molar-refractivity contribution in [3.05, 3.63) is 29.8 Å². The predicted octanol–water partition coefficient (Wildman–Crippen LogP) is 4.21. The Morgan fingerprint density at radius 3 is 2.52 bits per heavy atom. The van der Waals surface area contributed by atoms with Crippen molar-refractivity contribution in [3.8, 4) is 0 Å². The fraction of sp³-hybridized carbons (Fsp3) is 0.600. The van der Waals surface area contributed by atoms with Gasteiger partial charge in [0.05, 0.1) is 5.41 Å². The molecule has 5 heteroatoms. The number of benzene rings is 1. The molecule has 4 bridgehead atoms. The number of para-hydroxylation sites is 1. The Kier molecular flexibility index (Phi) is 4.18. The highest BCUT2D eigenvalue weighted by atomic mass is 79.9. The lowest BCUT2D eigenvalue weighted by Gasteiger charge is -2.58. The summed E-state index contributed by atoms with van der Waals surface area (Å²) in [5.41, 5.74) is 1.37. The molecule has 134 valence electrons. The summed E-state index contributed by atoms with van der Waals surface area (Å²) in [6.07, 6.45) is 6.30. The minimum absolute atomic E-state index is 0.111. The largest absolute Gasteiger partial charge is 0.455 e. The molecule has 4 saturated carbocycles. The molecule has 0 spiro atoms. The minimum atomic E-state index is -0.378.